The fourth-order valence-corrected chi connectivity index (χ4v) is 2.45. The van der Waals surface area contributed by atoms with Crippen molar-refractivity contribution in [1.29, 1.82) is 0 Å². The zero-order chi connectivity index (χ0) is 16.8. The quantitative estimate of drug-likeness (QED) is 0.352. The zero-order valence-electron chi connectivity index (χ0n) is 12.7. The summed E-state index contributed by atoms with van der Waals surface area (Å²) in [5.74, 6) is -1.64. The maximum absolute atomic E-state index is 11.9. The molecule has 0 aromatic heterocycles. The van der Waals surface area contributed by atoms with Gasteiger partial charge in [0.25, 0.3) is 0 Å². The molecule has 1 heterocycles. The topological polar surface area (TPSA) is 131 Å². The third-order valence-corrected chi connectivity index (χ3v) is 3.55. The monoisotopic (exact) mass is 316 g/mol. The van der Waals surface area contributed by atoms with Crippen molar-refractivity contribution in [3.63, 3.8) is 0 Å². The number of rotatable bonds is 6. The smallest absolute Gasteiger partial charge is 0.304 e. The summed E-state index contributed by atoms with van der Waals surface area (Å²) >= 11 is 0. The van der Waals surface area contributed by atoms with Crippen molar-refractivity contribution in [2.75, 3.05) is 11.9 Å². The van der Waals surface area contributed by atoms with Gasteiger partial charge in [0.05, 0.1) is 12.3 Å². The molecule has 1 unspecified atom stereocenters. The molecule has 23 heavy (non-hydrogen) atoms. The lowest BCUT2D eigenvalue weighted by Gasteiger charge is -2.23. The van der Waals surface area contributed by atoms with E-state index in [-0.39, 0.29) is 18.3 Å². The van der Waals surface area contributed by atoms with Gasteiger partial charge < -0.3 is 21.9 Å². The van der Waals surface area contributed by atoms with Crippen LogP contribution in [0.5, 0.6) is 0 Å². The fraction of sp³-hybridized carbons (Fsp3) is 0.312. The summed E-state index contributed by atoms with van der Waals surface area (Å²) in [6, 6.07) is 5.73. The van der Waals surface area contributed by atoms with Gasteiger partial charge in [-0.05, 0) is 30.0 Å². The number of nitrogens with one attached hydrogen (secondary N) is 1. The molecular formula is C16H20N4O3. The number of fused-ring (bicyclic) bond motifs is 1. The number of hydrogen-bond acceptors (Lipinski definition) is 3. The van der Waals surface area contributed by atoms with Crippen molar-refractivity contribution >= 4 is 29.6 Å². The number of aliphatic imine (C=N–C) groups is 1. The predicted octanol–water partition coefficient (Wildman–Crippen LogP) is 0.949. The first-order chi connectivity index (χ1) is 11.0. The van der Waals surface area contributed by atoms with Crippen LogP contribution in [0.25, 0.3) is 6.08 Å². The third-order valence-electron chi connectivity index (χ3n) is 3.55. The second-order valence-electron chi connectivity index (χ2n) is 5.40. The number of anilines is 1. The second-order valence-corrected chi connectivity index (χ2v) is 5.40. The summed E-state index contributed by atoms with van der Waals surface area (Å²) in [5.41, 5.74) is 13.1. The minimum absolute atomic E-state index is 0.0748. The zero-order valence-corrected chi connectivity index (χ0v) is 12.7. The molecule has 1 aliphatic heterocycles. The summed E-state index contributed by atoms with van der Waals surface area (Å²) in [5, 5.41) is 11.6. The molecule has 1 amide bonds. The maximum atomic E-state index is 11.9. The Labute approximate surface area is 134 Å². The van der Waals surface area contributed by atoms with Gasteiger partial charge in [0.1, 0.15) is 0 Å². The Morgan fingerprint density at radius 2 is 2.22 bits per heavy atom. The van der Waals surface area contributed by atoms with E-state index in [0.29, 0.717) is 19.4 Å². The van der Waals surface area contributed by atoms with Crippen molar-refractivity contribution in [1.82, 2.24) is 0 Å². The third kappa shape index (κ3) is 4.84. The molecule has 6 N–H and O–H groups in total. The highest BCUT2D eigenvalue weighted by Crippen LogP contribution is 2.28. The number of nitrogens with two attached hydrogens (primary N) is 2. The van der Waals surface area contributed by atoms with Crippen LogP contribution in [0.2, 0.25) is 0 Å². The van der Waals surface area contributed by atoms with Crippen LogP contribution >= 0.6 is 0 Å². The molecule has 0 fully saturated rings. The standard InChI is InChI=1S/C16H20N4O3/c17-16(18)19-6-2-1-3-10-4-5-11-8-12(9-14(21)22)15(23)20-13(11)7-10/h1,3-5,7,12H,2,6,8-9H2,(H,20,23)(H,21,22)(H4,17,18,19). The van der Waals surface area contributed by atoms with Gasteiger partial charge in [-0.1, -0.05) is 24.3 Å². The van der Waals surface area contributed by atoms with Gasteiger partial charge in [0.2, 0.25) is 5.91 Å². The van der Waals surface area contributed by atoms with Crippen LogP contribution < -0.4 is 16.8 Å². The Kier molecular flexibility index (Phi) is 5.35. The average Bonchev–Trinajstić information content (AvgIpc) is 2.47. The van der Waals surface area contributed by atoms with Crippen LogP contribution in [-0.4, -0.2) is 29.5 Å². The molecule has 7 nitrogen and oxygen atoms in total. The number of nitrogens with zero attached hydrogens (tertiary/aromatic N) is 1. The number of hydrogen-bond donors (Lipinski definition) is 4. The van der Waals surface area contributed by atoms with Crippen LogP contribution in [0.15, 0.2) is 29.3 Å². The number of aliphatic carboxylic acids is 1. The number of carboxylic acid groups (broad SMARTS) is 1. The first kappa shape index (κ1) is 16.5. The van der Waals surface area contributed by atoms with Gasteiger partial charge in [-0.15, -0.1) is 0 Å². The van der Waals surface area contributed by atoms with Gasteiger partial charge in [-0.3, -0.25) is 14.6 Å². The summed E-state index contributed by atoms with van der Waals surface area (Å²) in [6.07, 6.45) is 4.88. The van der Waals surface area contributed by atoms with Crippen molar-refractivity contribution in [3.05, 3.63) is 35.4 Å². The summed E-state index contributed by atoms with van der Waals surface area (Å²) < 4.78 is 0. The van der Waals surface area contributed by atoms with E-state index in [1.165, 1.54) is 0 Å². The molecule has 0 aliphatic carbocycles. The van der Waals surface area contributed by atoms with E-state index < -0.39 is 11.9 Å². The lowest BCUT2D eigenvalue weighted by atomic mass is 9.90. The molecule has 7 heteroatoms. The van der Waals surface area contributed by atoms with Crippen LogP contribution in [0.1, 0.15) is 24.0 Å². The number of amides is 1. The maximum Gasteiger partial charge on any atom is 0.304 e. The van der Waals surface area contributed by atoms with E-state index in [2.05, 4.69) is 10.3 Å². The Balaban J connectivity index is 2.02. The second kappa shape index (κ2) is 7.44. The fourth-order valence-electron chi connectivity index (χ4n) is 2.45. The number of carboxylic acids is 1. The van der Waals surface area contributed by atoms with E-state index in [1.807, 2.05) is 30.4 Å². The summed E-state index contributed by atoms with van der Waals surface area (Å²) in [7, 11) is 0. The largest absolute Gasteiger partial charge is 0.481 e. The molecule has 2 rings (SSSR count). The van der Waals surface area contributed by atoms with Crippen LogP contribution in [0, 0.1) is 5.92 Å². The molecule has 0 radical (unpaired) electrons. The Morgan fingerprint density at radius 1 is 1.43 bits per heavy atom. The molecule has 0 saturated heterocycles. The van der Waals surface area contributed by atoms with E-state index in [0.717, 1.165) is 16.8 Å². The first-order valence-electron chi connectivity index (χ1n) is 7.33. The van der Waals surface area contributed by atoms with Gasteiger partial charge in [-0.25, -0.2) is 0 Å². The van der Waals surface area contributed by atoms with Crippen molar-refractivity contribution < 1.29 is 14.7 Å². The summed E-state index contributed by atoms with van der Waals surface area (Å²) in [4.78, 5) is 26.6. The normalized spacial score (nSPS) is 16.7. The molecule has 0 spiro atoms. The molecule has 1 aromatic rings. The molecule has 1 aliphatic rings. The highest BCUT2D eigenvalue weighted by Gasteiger charge is 2.27. The van der Waals surface area contributed by atoms with Crippen molar-refractivity contribution in [2.45, 2.75) is 19.3 Å². The summed E-state index contributed by atoms with van der Waals surface area (Å²) in [6.45, 7) is 0.525. The van der Waals surface area contributed by atoms with E-state index >= 15 is 0 Å². The van der Waals surface area contributed by atoms with Crippen LogP contribution in [-0.2, 0) is 16.0 Å². The van der Waals surface area contributed by atoms with Gasteiger partial charge >= 0.3 is 5.97 Å². The lowest BCUT2D eigenvalue weighted by molar-refractivity contribution is -0.140. The Bertz CT molecular complexity index is 663. The van der Waals surface area contributed by atoms with Crippen molar-refractivity contribution in [3.8, 4) is 0 Å². The van der Waals surface area contributed by atoms with Crippen LogP contribution in [0.4, 0.5) is 5.69 Å². The van der Waals surface area contributed by atoms with Crippen molar-refractivity contribution in [2.24, 2.45) is 22.4 Å². The number of carbonyl (C=O) groups is 2. The number of guanidine groups is 1. The molecule has 122 valence electrons. The Morgan fingerprint density at radius 3 is 2.91 bits per heavy atom. The first-order valence-corrected chi connectivity index (χ1v) is 7.33. The molecule has 0 bridgehead atoms. The number of benzene rings is 1. The van der Waals surface area contributed by atoms with E-state index in [4.69, 9.17) is 16.6 Å². The average molecular weight is 316 g/mol. The number of carbonyl (C=O) groups excluding carboxylic acids is 1. The minimum Gasteiger partial charge on any atom is -0.481 e. The highest BCUT2D eigenvalue weighted by atomic mass is 16.4. The molecular weight excluding hydrogens is 296 g/mol. The molecule has 1 atom stereocenters. The van der Waals surface area contributed by atoms with Gasteiger partial charge in [0.15, 0.2) is 5.96 Å². The van der Waals surface area contributed by atoms with E-state index in [9.17, 15) is 9.59 Å². The van der Waals surface area contributed by atoms with E-state index in [1.54, 1.807) is 0 Å². The molecule has 1 aromatic carbocycles. The Hall–Kier alpha value is -2.83. The van der Waals surface area contributed by atoms with Gasteiger partial charge in [0, 0.05) is 12.2 Å². The van der Waals surface area contributed by atoms with Crippen LogP contribution in [0.3, 0.4) is 0 Å². The lowest BCUT2D eigenvalue weighted by Crippen LogP contribution is -2.31. The predicted molar refractivity (Wildman–Crippen MR) is 88.8 cm³/mol. The minimum atomic E-state index is -0.964. The van der Waals surface area contributed by atoms with Gasteiger partial charge in [-0.2, -0.15) is 0 Å². The molecule has 0 saturated carbocycles. The SMILES string of the molecule is NC(N)=NCCC=Cc1ccc2c(c1)NC(=O)C(CC(=O)O)C2. The highest BCUT2D eigenvalue weighted by molar-refractivity contribution is 5.97.